The van der Waals surface area contributed by atoms with Gasteiger partial charge in [-0.05, 0) is 45.2 Å². The Bertz CT molecular complexity index is 430. The number of rotatable bonds is 2. The number of aromatic nitrogens is 2. The van der Waals surface area contributed by atoms with Gasteiger partial charge in [0.1, 0.15) is 5.69 Å². The highest BCUT2D eigenvalue weighted by Crippen LogP contribution is 2.19. The van der Waals surface area contributed by atoms with Crippen molar-refractivity contribution in [3.8, 4) is 0 Å². The molecule has 104 valence electrons. The van der Waals surface area contributed by atoms with Crippen LogP contribution in [-0.2, 0) is 0 Å². The van der Waals surface area contributed by atoms with E-state index >= 15 is 0 Å². The van der Waals surface area contributed by atoms with Crippen molar-refractivity contribution in [2.45, 2.75) is 38.1 Å². The van der Waals surface area contributed by atoms with Crippen LogP contribution in [0.1, 0.15) is 48.6 Å². The molecule has 0 bridgehead atoms. The average Bonchev–Trinajstić information content (AvgIpc) is 2.98. The lowest BCUT2D eigenvalue weighted by Crippen LogP contribution is -2.35. The van der Waals surface area contributed by atoms with Gasteiger partial charge in [0.15, 0.2) is 0 Å². The van der Waals surface area contributed by atoms with E-state index in [0.717, 1.165) is 51.9 Å². The number of nitrogens with zero attached hydrogens (tertiary/aromatic N) is 3. The third kappa shape index (κ3) is 2.81. The maximum atomic E-state index is 12.3. The molecule has 1 aromatic rings. The second-order valence-corrected chi connectivity index (χ2v) is 5.54. The molecule has 0 spiro atoms. The standard InChI is InChI=1S/C14H22N4O/c19-14(17-8-2-1-3-9-17)13-10-18(11-16-13)12-4-6-15-7-5-12/h10-12,15H,1-9H2. The van der Waals surface area contributed by atoms with E-state index in [9.17, 15) is 4.79 Å². The lowest BCUT2D eigenvalue weighted by Gasteiger charge is -2.26. The number of piperidine rings is 2. The summed E-state index contributed by atoms with van der Waals surface area (Å²) in [4.78, 5) is 18.6. The molecular formula is C14H22N4O. The number of carbonyl (C=O) groups is 1. The molecule has 0 radical (unpaired) electrons. The highest BCUT2D eigenvalue weighted by atomic mass is 16.2. The van der Waals surface area contributed by atoms with E-state index in [1.165, 1.54) is 6.42 Å². The van der Waals surface area contributed by atoms with E-state index < -0.39 is 0 Å². The van der Waals surface area contributed by atoms with Crippen LogP contribution in [0.5, 0.6) is 0 Å². The van der Waals surface area contributed by atoms with E-state index in [2.05, 4.69) is 14.9 Å². The smallest absolute Gasteiger partial charge is 0.274 e. The summed E-state index contributed by atoms with van der Waals surface area (Å²) >= 11 is 0. The number of amides is 1. The van der Waals surface area contributed by atoms with Crippen molar-refractivity contribution >= 4 is 5.91 Å². The van der Waals surface area contributed by atoms with Crippen molar-refractivity contribution in [2.75, 3.05) is 26.2 Å². The van der Waals surface area contributed by atoms with Crippen LogP contribution in [0.15, 0.2) is 12.5 Å². The van der Waals surface area contributed by atoms with Gasteiger partial charge < -0.3 is 14.8 Å². The second-order valence-electron chi connectivity index (χ2n) is 5.54. The van der Waals surface area contributed by atoms with Gasteiger partial charge in [-0.25, -0.2) is 4.98 Å². The van der Waals surface area contributed by atoms with Gasteiger partial charge in [-0.3, -0.25) is 4.79 Å². The molecule has 2 aliphatic heterocycles. The van der Waals surface area contributed by atoms with E-state index in [0.29, 0.717) is 11.7 Å². The molecule has 3 rings (SSSR count). The summed E-state index contributed by atoms with van der Waals surface area (Å²) in [5.74, 6) is 0.104. The van der Waals surface area contributed by atoms with E-state index in [4.69, 9.17) is 0 Å². The number of hydrogen-bond donors (Lipinski definition) is 1. The monoisotopic (exact) mass is 262 g/mol. The van der Waals surface area contributed by atoms with Crippen molar-refractivity contribution in [1.29, 1.82) is 0 Å². The molecule has 5 nitrogen and oxygen atoms in total. The molecule has 1 N–H and O–H groups in total. The maximum Gasteiger partial charge on any atom is 0.274 e. The fourth-order valence-electron chi connectivity index (χ4n) is 3.01. The Morgan fingerprint density at radius 1 is 1.21 bits per heavy atom. The molecule has 2 saturated heterocycles. The Morgan fingerprint density at radius 2 is 1.95 bits per heavy atom. The molecule has 0 unspecified atom stereocenters. The summed E-state index contributed by atoms with van der Waals surface area (Å²) < 4.78 is 2.12. The first-order valence-electron chi connectivity index (χ1n) is 7.38. The number of carbonyl (C=O) groups excluding carboxylic acids is 1. The molecule has 0 atom stereocenters. The van der Waals surface area contributed by atoms with Gasteiger partial charge in [0, 0.05) is 25.3 Å². The first-order chi connectivity index (χ1) is 9.34. The van der Waals surface area contributed by atoms with Crippen molar-refractivity contribution in [1.82, 2.24) is 19.8 Å². The lowest BCUT2D eigenvalue weighted by molar-refractivity contribution is 0.0718. The Balaban J connectivity index is 1.67. The van der Waals surface area contributed by atoms with E-state index in [1.807, 2.05) is 17.4 Å². The molecule has 5 heteroatoms. The quantitative estimate of drug-likeness (QED) is 0.877. The minimum Gasteiger partial charge on any atom is -0.337 e. The summed E-state index contributed by atoms with van der Waals surface area (Å²) in [6.45, 7) is 3.88. The van der Waals surface area contributed by atoms with Crippen LogP contribution in [0, 0.1) is 0 Å². The van der Waals surface area contributed by atoms with Gasteiger partial charge in [0.05, 0.1) is 6.33 Å². The van der Waals surface area contributed by atoms with Gasteiger partial charge >= 0.3 is 0 Å². The maximum absolute atomic E-state index is 12.3. The zero-order valence-electron chi connectivity index (χ0n) is 11.3. The normalized spacial score (nSPS) is 21.6. The van der Waals surface area contributed by atoms with Crippen LogP contribution < -0.4 is 5.32 Å². The van der Waals surface area contributed by atoms with E-state index in [-0.39, 0.29) is 5.91 Å². The van der Waals surface area contributed by atoms with Crippen LogP contribution in [0.25, 0.3) is 0 Å². The Kier molecular flexibility index (Phi) is 3.82. The Morgan fingerprint density at radius 3 is 2.68 bits per heavy atom. The van der Waals surface area contributed by atoms with Crippen LogP contribution in [0.3, 0.4) is 0 Å². The molecule has 0 aromatic carbocycles. The highest BCUT2D eigenvalue weighted by Gasteiger charge is 2.22. The predicted molar refractivity (Wildman–Crippen MR) is 73.1 cm³/mol. The van der Waals surface area contributed by atoms with Crippen LogP contribution >= 0.6 is 0 Å². The van der Waals surface area contributed by atoms with Gasteiger partial charge in [0.25, 0.3) is 5.91 Å². The summed E-state index contributed by atoms with van der Waals surface area (Å²) in [7, 11) is 0. The summed E-state index contributed by atoms with van der Waals surface area (Å²) in [5.41, 5.74) is 0.612. The third-order valence-electron chi connectivity index (χ3n) is 4.19. The fourth-order valence-corrected chi connectivity index (χ4v) is 3.01. The first-order valence-corrected chi connectivity index (χ1v) is 7.38. The van der Waals surface area contributed by atoms with Crippen LogP contribution in [0.2, 0.25) is 0 Å². The first kappa shape index (κ1) is 12.7. The summed E-state index contributed by atoms with van der Waals surface area (Å²) in [5, 5.41) is 3.36. The molecule has 1 amide bonds. The van der Waals surface area contributed by atoms with Crippen molar-refractivity contribution in [3.05, 3.63) is 18.2 Å². The van der Waals surface area contributed by atoms with Crippen molar-refractivity contribution in [2.24, 2.45) is 0 Å². The lowest BCUT2D eigenvalue weighted by atomic mass is 10.1. The zero-order valence-corrected chi connectivity index (χ0v) is 11.3. The molecule has 19 heavy (non-hydrogen) atoms. The second kappa shape index (κ2) is 5.74. The number of nitrogens with one attached hydrogen (secondary N) is 1. The van der Waals surface area contributed by atoms with E-state index in [1.54, 1.807) is 0 Å². The molecule has 2 aliphatic rings. The molecule has 2 fully saturated rings. The highest BCUT2D eigenvalue weighted by molar-refractivity contribution is 5.92. The number of likely N-dealkylation sites (tertiary alicyclic amines) is 1. The molecule has 1 aromatic heterocycles. The average molecular weight is 262 g/mol. The predicted octanol–water partition coefficient (Wildman–Crippen LogP) is 1.43. The third-order valence-corrected chi connectivity index (χ3v) is 4.19. The minimum absolute atomic E-state index is 0.104. The molecular weight excluding hydrogens is 240 g/mol. The van der Waals surface area contributed by atoms with Gasteiger partial charge in [0.2, 0.25) is 0 Å². The minimum atomic E-state index is 0.104. The zero-order chi connectivity index (χ0) is 13.1. The summed E-state index contributed by atoms with van der Waals surface area (Å²) in [6, 6.07) is 0.497. The van der Waals surface area contributed by atoms with Crippen LogP contribution in [0.4, 0.5) is 0 Å². The van der Waals surface area contributed by atoms with Crippen LogP contribution in [-0.4, -0.2) is 46.5 Å². The van der Waals surface area contributed by atoms with Crippen molar-refractivity contribution in [3.63, 3.8) is 0 Å². The largest absolute Gasteiger partial charge is 0.337 e. The van der Waals surface area contributed by atoms with Gasteiger partial charge in [-0.2, -0.15) is 0 Å². The topological polar surface area (TPSA) is 50.2 Å². The Hall–Kier alpha value is -1.36. The Labute approximate surface area is 114 Å². The van der Waals surface area contributed by atoms with Crippen molar-refractivity contribution < 1.29 is 4.79 Å². The number of imidazole rings is 1. The molecule has 0 saturated carbocycles. The summed E-state index contributed by atoms with van der Waals surface area (Å²) in [6.07, 6.45) is 9.50. The molecule has 0 aliphatic carbocycles. The number of hydrogen-bond acceptors (Lipinski definition) is 3. The fraction of sp³-hybridized carbons (Fsp3) is 0.714. The van der Waals surface area contributed by atoms with Gasteiger partial charge in [-0.15, -0.1) is 0 Å². The van der Waals surface area contributed by atoms with Gasteiger partial charge in [-0.1, -0.05) is 0 Å². The molecule has 3 heterocycles. The SMILES string of the molecule is O=C(c1cn(C2CCNCC2)cn1)N1CCCCC1.